The molecule has 0 aliphatic rings. The number of ether oxygens (including phenoxy) is 1. The summed E-state index contributed by atoms with van der Waals surface area (Å²) in [6.45, 7) is 4.37. The number of aryl methyl sites for hydroxylation is 1. The predicted molar refractivity (Wildman–Crippen MR) is 114 cm³/mol. The molecule has 0 aliphatic carbocycles. The highest BCUT2D eigenvalue weighted by Gasteiger charge is 2.10. The van der Waals surface area contributed by atoms with E-state index in [-0.39, 0.29) is 0 Å². The van der Waals surface area contributed by atoms with Crippen LogP contribution in [0.25, 0.3) is 10.8 Å². The van der Waals surface area contributed by atoms with E-state index in [2.05, 4.69) is 90.4 Å². The minimum absolute atomic E-state index is 0.586. The Morgan fingerprint density at radius 2 is 1.70 bits per heavy atom. The Bertz CT molecular complexity index is 1020. The van der Waals surface area contributed by atoms with E-state index in [1.807, 2.05) is 0 Å². The van der Waals surface area contributed by atoms with Crippen LogP contribution >= 0.6 is 11.3 Å². The lowest BCUT2D eigenvalue weighted by atomic mass is 10.0. The van der Waals surface area contributed by atoms with Crippen LogP contribution < -0.4 is 10.1 Å². The standard InChI is InChI=1S/C24H23NOS/c1-18-7-2-3-9-20(18)17-26-24-13-12-19-8-4-5-11-22(19)23(24)16-25-15-21-10-6-14-27-21/h2-14,25H,15-17H2,1H3. The van der Waals surface area contributed by atoms with Crippen molar-refractivity contribution in [3.8, 4) is 5.75 Å². The van der Waals surface area contributed by atoms with Crippen LogP contribution in [-0.2, 0) is 19.7 Å². The van der Waals surface area contributed by atoms with E-state index in [9.17, 15) is 0 Å². The average molecular weight is 374 g/mol. The molecule has 0 bridgehead atoms. The van der Waals surface area contributed by atoms with Gasteiger partial charge in [0, 0.05) is 23.5 Å². The summed E-state index contributed by atoms with van der Waals surface area (Å²) < 4.78 is 6.26. The molecule has 1 aromatic heterocycles. The molecule has 3 aromatic carbocycles. The fourth-order valence-corrected chi connectivity index (χ4v) is 3.96. The molecule has 0 aliphatic heterocycles. The molecule has 0 radical (unpaired) electrons. The lowest BCUT2D eigenvalue weighted by Gasteiger charge is -2.16. The third-order valence-corrected chi connectivity index (χ3v) is 5.70. The van der Waals surface area contributed by atoms with Crippen LogP contribution in [0.5, 0.6) is 5.75 Å². The Labute approximate surface area is 164 Å². The molecule has 0 unspecified atom stereocenters. The highest BCUT2D eigenvalue weighted by molar-refractivity contribution is 7.09. The molecule has 0 saturated carbocycles. The van der Waals surface area contributed by atoms with Gasteiger partial charge in [0.1, 0.15) is 12.4 Å². The third-order valence-electron chi connectivity index (χ3n) is 4.82. The zero-order chi connectivity index (χ0) is 18.5. The van der Waals surface area contributed by atoms with Gasteiger partial charge in [-0.25, -0.2) is 0 Å². The highest BCUT2D eigenvalue weighted by Crippen LogP contribution is 2.29. The van der Waals surface area contributed by atoms with Crippen LogP contribution in [0.2, 0.25) is 0 Å². The quantitative estimate of drug-likeness (QED) is 0.424. The maximum Gasteiger partial charge on any atom is 0.124 e. The summed E-state index contributed by atoms with van der Waals surface area (Å²) in [5.41, 5.74) is 3.71. The van der Waals surface area contributed by atoms with E-state index < -0.39 is 0 Å². The zero-order valence-corrected chi connectivity index (χ0v) is 16.3. The van der Waals surface area contributed by atoms with Crippen molar-refractivity contribution in [3.63, 3.8) is 0 Å². The van der Waals surface area contributed by atoms with Crippen molar-refractivity contribution in [2.45, 2.75) is 26.6 Å². The molecular formula is C24H23NOS. The first-order valence-corrected chi connectivity index (χ1v) is 10.1. The van der Waals surface area contributed by atoms with E-state index in [0.29, 0.717) is 6.61 Å². The molecule has 0 atom stereocenters. The van der Waals surface area contributed by atoms with Gasteiger partial charge in [0.15, 0.2) is 0 Å². The predicted octanol–water partition coefficient (Wildman–Crippen LogP) is 6.08. The number of thiophene rings is 1. The number of fused-ring (bicyclic) bond motifs is 1. The summed E-state index contributed by atoms with van der Waals surface area (Å²) in [6.07, 6.45) is 0. The SMILES string of the molecule is Cc1ccccc1COc1ccc2ccccc2c1CNCc1cccs1. The number of nitrogens with one attached hydrogen (secondary N) is 1. The second-order valence-electron chi connectivity index (χ2n) is 6.66. The molecule has 4 rings (SSSR count). The molecule has 0 spiro atoms. The van der Waals surface area contributed by atoms with Crippen LogP contribution in [0.1, 0.15) is 21.6 Å². The van der Waals surface area contributed by atoms with Crippen molar-refractivity contribution < 1.29 is 4.74 Å². The van der Waals surface area contributed by atoms with E-state index in [0.717, 1.165) is 18.8 Å². The molecule has 0 saturated heterocycles. The Balaban J connectivity index is 1.57. The lowest BCUT2D eigenvalue weighted by Crippen LogP contribution is -2.13. The number of hydrogen-bond acceptors (Lipinski definition) is 3. The van der Waals surface area contributed by atoms with Gasteiger partial charge in [-0.1, -0.05) is 60.7 Å². The summed E-state index contributed by atoms with van der Waals surface area (Å²) in [5.74, 6) is 0.954. The van der Waals surface area contributed by atoms with Gasteiger partial charge in [-0.15, -0.1) is 11.3 Å². The Morgan fingerprint density at radius 3 is 2.56 bits per heavy atom. The number of benzene rings is 3. The molecule has 0 fully saturated rings. The first-order chi connectivity index (χ1) is 13.3. The first-order valence-electron chi connectivity index (χ1n) is 9.22. The molecule has 3 heteroatoms. The molecule has 27 heavy (non-hydrogen) atoms. The van der Waals surface area contributed by atoms with E-state index >= 15 is 0 Å². The van der Waals surface area contributed by atoms with E-state index in [1.54, 1.807) is 11.3 Å². The topological polar surface area (TPSA) is 21.3 Å². The zero-order valence-electron chi connectivity index (χ0n) is 15.4. The van der Waals surface area contributed by atoms with Crippen molar-refractivity contribution in [3.05, 3.63) is 99.7 Å². The summed E-state index contributed by atoms with van der Waals surface area (Å²) >= 11 is 1.78. The largest absolute Gasteiger partial charge is 0.489 e. The van der Waals surface area contributed by atoms with Crippen LogP contribution in [0, 0.1) is 6.92 Å². The summed E-state index contributed by atoms with van der Waals surface area (Å²) in [7, 11) is 0. The van der Waals surface area contributed by atoms with Crippen LogP contribution in [0.4, 0.5) is 0 Å². The normalized spacial score (nSPS) is 11.0. The van der Waals surface area contributed by atoms with Crippen molar-refractivity contribution in [2.75, 3.05) is 0 Å². The summed E-state index contributed by atoms with van der Waals surface area (Å²) in [5, 5.41) is 8.19. The van der Waals surface area contributed by atoms with Crippen LogP contribution in [-0.4, -0.2) is 0 Å². The van der Waals surface area contributed by atoms with Gasteiger partial charge in [0.2, 0.25) is 0 Å². The van der Waals surface area contributed by atoms with Crippen LogP contribution in [0.3, 0.4) is 0 Å². The molecule has 4 aromatic rings. The summed E-state index contributed by atoms with van der Waals surface area (Å²) in [4.78, 5) is 1.35. The monoisotopic (exact) mass is 373 g/mol. The van der Waals surface area contributed by atoms with Crippen molar-refractivity contribution in [2.24, 2.45) is 0 Å². The second kappa shape index (κ2) is 8.38. The number of rotatable bonds is 7. The lowest BCUT2D eigenvalue weighted by molar-refractivity contribution is 0.302. The molecule has 1 N–H and O–H groups in total. The molecule has 1 heterocycles. The van der Waals surface area contributed by atoms with Crippen molar-refractivity contribution >= 4 is 22.1 Å². The Morgan fingerprint density at radius 1 is 0.852 bits per heavy atom. The molecular weight excluding hydrogens is 350 g/mol. The van der Waals surface area contributed by atoms with Crippen molar-refractivity contribution in [1.82, 2.24) is 5.32 Å². The maximum atomic E-state index is 6.26. The van der Waals surface area contributed by atoms with Gasteiger partial charge in [0.05, 0.1) is 0 Å². The molecule has 0 amide bonds. The van der Waals surface area contributed by atoms with Gasteiger partial charge in [-0.3, -0.25) is 0 Å². The maximum absolute atomic E-state index is 6.26. The van der Waals surface area contributed by atoms with E-state index in [1.165, 1.54) is 32.3 Å². The van der Waals surface area contributed by atoms with Gasteiger partial charge in [-0.2, -0.15) is 0 Å². The first kappa shape index (κ1) is 17.8. The fourth-order valence-electron chi connectivity index (χ4n) is 3.28. The minimum atomic E-state index is 0.586. The van der Waals surface area contributed by atoms with Gasteiger partial charge in [-0.05, 0) is 46.3 Å². The molecule has 2 nitrogen and oxygen atoms in total. The van der Waals surface area contributed by atoms with Gasteiger partial charge in [0.25, 0.3) is 0 Å². The van der Waals surface area contributed by atoms with Gasteiger partial charge < -0.3 is 10.1 Å². The highest BCUT2D eigenvalue weighted by atomic mass is 32.1. The Kier molecular flexibility index (Phi) is 5.52. The number of hydrogen-bond donors (Lipinski definition) is 1. The third kappa shape index (κ3) is 4.21. The summed E-state index contributed by atoms with van der Waals surface area (Å²) in [6, 6.07) is 25.4. The van der Waals surface area contributed by atoms with Crippen LogP contribution in [0.15, 0.2) is 78.2 Å². The van der Waals surface area contributed by atoms with Crippen molar-refractivity contribution in [1.29, 1.82) is 0 Å². The average Bonchev–Trinajstić information content (AvgIpc) is 3.21. The smallest absolute Gasteiger partial charge is 0.124 e. The van der Waals surface area contributed by atoms with E-state index in [4.69, 9.17) is 4.74 Å². The Hall–Kier alpha value is -2.62. The molecule has 136 valence electrons. The fraction of sp³-hybridized carbons (Fsp3) is 0.167. The van der Waals surface area contributed by atoms with Gasteiger partial charge >= 0.3 is 0 Å². The second-order valence-corrected chi connectivity index (χ2v) is 7.69. The minimum Gasteiger partial charge on any atom is -0.489 e.